The van der Waals surface area contributed by atoms with E-state index in [1.54, 1.807) is 38.5 Å². The summed E-state index contributed by atoms with van der Waals surface area (Å²) in [6.07, 6.45) is 0.931. The van der Waals surface area contributed by atoms with Crippen LogP contribution in [0.3, 0.4) is 0 Å². The third-order valence-corrected chi connectivity index (χ3v) is 7.28. The van der Waals surface area contributed by atoms with Crippen molar-refractivity contribution < 1.29 is 27.4 Å². The van der Waals surface area contributed by atoms with Gasteiger partial charge in [0.15, 0.2) is 11.5 Å². The van der Waals surface area contributed by atoms with Crippen LogP contribution in [-0.4, -0.2) is 58.3 Å². The van der Waals surface area contributed by atoms with Gasteiger partial charge in [-0.2, -0.15) is 4.31 Å². The summed E-state index contributed by atoms with van der Waals surface area (Å²) in [5.41, 5.74) is 2.42. The molecule has 1 aliphatic rings. The summed E-state index contributed by atoms with van der Waals surface area (Å²) in [5.74, 6) is 1.42. The number of fused-ring (bicyclic) bond motifs is 1. The lowest BCUT2D eigenvalue weighted by Gasteiger charge is -2.29. The molecule has 2 aromatic carbocycles. The van der Waals surface area contributed by atoms with Gasteiger partial charge in [-0.15, -0.1) is 0 Å². The van der Waals surface area contributed by atoms with Crippen LogP contribution >= 0.6 is 0 Å². The Labute approximate surface area is 189 Å². The van der Waals surface area contributed by atoms with Crippen LogP contribution in [0, 0.1) is 0 Å². The van der Waals surface area contributed by atoms with Gasteiger partial charge in [-0.05, 0) is 55.2 Å². The molecule has 0 saturated carbocycles. The predicted octanol–water partition coefficient (Wildman–Crippen LogP) is 2.61. The molecule has 1 aliphatic heterocycles. The summed E-state index contributed by atoms with van der Waals surface area (Å²) >= 11 is 0. The number of rotatable bonds is 10. The Balaban J connectivity index is 1.56. The van der Waals surface area contributed by atoms with Gasteiger partial charge in [-0.3, -0.25) is 4.79 Å². The third-order valence-electron chi connectivity index (χ3n) is 5.37. The second-order valence-corrected chi connectivity index (χ2v) is 9.50. The number of para-hydroxylation sites is 1. The van der Waals surface area contributed by atoms with Gasteiger partial charge in [0.1, 0.15) is 5.75 Å². The fourth-order valence-corrected chi connectivity index (χ4v) is 5.18. The largest absolute Gasteiger partial charge is 0.493 e. The highest BCUT2D eigenvalue weighted by Gasteiger charge is 2.27. The maximum absolute atomic E-state index is 12.9. The minimum atomic E-state index is -3.46. The molecule has 0 fully saturated rings. The molecule has 0 unspecified atom stereocenters. The molecule has 0 saturated heterocycles. The second-order valence-electron chi connectivity index (χ2n) is 7.41. The number of amides is 1. The normalized spacial score (nSPS) is 13.8. The summed E-state index contributed by atoms with van der Waals surface area (Å²) in [7, 11) is -0.316. The topological polar surface area (TPSA) is 94.2 Å². The predicted molar refractivity (Wildman–Crippen MR) is 122 cm³/mol. The molecule has 8 nitrogen and oxygen atoms in total. The molecule has 0 atom stereocenters. The highest BCUT2D eigenvalue weighted by Crippen LogP contribution is 2.33. The van der Waals surface area contributed by atoms with Crippen LogP contribution < -0.4 is 19.5 Å². The Morgan fingerprint density at radius 1 is 1.06 bits per heavy atom. The number of benzene rings is 2. The maximum atomic E-state index is 12.9. The average Bonchev–Trinajstić information content (AvgIpc) is 2.80. The smallest absolute Gasteiger partial charge is 0.255 e. The first-order valence-corrected chi connectivity index (χ1v) is 12.2. The van der Waals surface area contributed by atoms with Crippen LogP contribution in [0.2, 0.25) is 0 Å². The van der Waals surface area contributed by atoms with Gasteiger partial charge in [0.2, 0.25) is 10.0 Å². The lowest BCUT2D eigenvalue weighted by Crippen LogP contribution is -2.38. The first-order chi connectivity index (χ1) is 15.4. The van der Waals surface area contributed by atoms with Crippen molar-refractivity contribution >= 4 is 15.9 Å². The zero-order chi connectivity index (χ0) is 23.1. The number of hydrogen-bond acceptors (Lipinski definition) is 6. The highest BCUT2D eigenvalue weighted by atomic mass is 32.2. The van der Waals surface area contributed by atoms with Crippen molar-refractivity contribution in [2.24, 2.45) is 0 Å². The van der Waals surface area contributed by atoms with Crippen molar-refractivity contribution in [2.45, 2.75) is 26.3 Å². The molecule has 0 bridgehead atoms. The molecular weight excluding hydrogens is 432 g/mol. The lowest BCUT2D eigenvalue weighted by atomic mass is 10.0. The number of sulfonamides is 1. The van der Waals surface area contributed by atoms with E-state index in [-0.39, 0.29) is 18.2 Å². The van der Waals surface area contributed by atoms with Crippen molar-refractivity contribution in [3.63, 3.8) is 0 Å². The van der Waals surface area contributed by atoms with E-state index in [9.17, 15) is 13.2 Å². The molecule has 1 N–H and O–H groups in total. The van der Waals surface area contributed by atoms with Gasteiger partial charge in [-0.25, -0.2) is 8.42 Å². The molecular formula is C23H30N2O6S. The highest BCUT2D eigenvalue weighted by molar-refractivity contribution is 7.89. The van der Waals surface area contributed by atoms with E-state index in [1.807, 2.05) is 19.1 Å². The maximum Gasteiger partial charge on any atom is 0.255 e. The van der Waals surface area contributed by atoms with Crippen LogP contribution in [-0.2, 0) is 23.0 Å². The Morgan fingerprint density at radius 3 is 2.44 bits per heavy atom. The monoisotopic (exact) mass is 462 g/mol. The summed E-state index contributed by atoms with van der Waals surface area (Å²) in [6.45, 7) is 3.28. The van der Waals surface area contributed by atoms with E-state index in [2.05, 4.69) is 5.32 Å². The summed E-state index contributed by atoms with van der Waals surface area (Å²) in [6, 6.07) is 10.7. The Hall–Kier alpha value is -2.78. The quantitative estimate of drug-likeness (QED) is 0.546. The van der Waals surface area contributed by atoms with Crippen molar-refractivity contribution in [1.82, 2.24) is 9.62 Å². The van der Waals surface area contributed by atoms with E-state index in [4.69, 9.17) is 14.2 Å². The summed E-state index contributed by atoms with van der Waals surface area (Å²) < 4.78 is 43.4. The molecule has 2 aromatic rings. The van der Waals surface area contributed by atoms with E-state index >= 15 is 0 Å². The standard InChI is InChI=1S/C23H30N2O6S/c1-4-31-20-9-6-5-8-19(20)23(26)24-11-7-13-32(27,28)25-12-10-17-14-21(29-2)22(30-3)15-18(17)16-25/h5-6,8-9,14-15H,4,7,10-13,16H2,1-3H3,(H,24,26). The molecule has 9 heteroatoms. The fourth-order valence-electron chi connectivity index (χ4n) is 3.71. The molecule has 32 heavy (non-hydrogen) atoms. The number of nitrogens with zero attached hydrogens (tertiary/aromatic N) is 1. The summed E-state index contributed by atoms with van der Waals surface area (Å²) in [5, 5.41) is 2.78. The van der Waals surface area contributed by atoms with Crippen LogP contribution in [0.5, 0.6) is 17.2 Å². The summed E-state index contributed by atoms with van der Waals surface area (Å²) in [4.78, 5) is 12.4. The Morgan fingerprint density at radius 2 is 1.75 bits per heavy atom. The Kier molecular flexibility index (Phi) is 7.98. The van der Waals surface area contributed by atoms with E-state index < -0.39 is 10.0 Å². The van der Waals surface area contributed by atoms with Gasteiger partial charge < -0.3 is 19.5 Å². The Bertz CT molecular complexity index is 1050. The molecule has 0 radical (unpaired) electrons. The van der Waals surface area contributed by atoms with Crippen LogP contribution in [0.1, 0.15) is 34.8 Å². The zero-order valence-electron chi connectivity index (χ0n) is 18.7. The van der Waals surface area contributed by atoms with Crippen LogP contribution in [0.15, 0.2) is 36.4 Å². The van der Waals surface area contributed by atoms with Crippen molar-refractivity contribution in [3.8, 4) is 17.2 Å². The van der Waals surface area contributed by atoms with Gasteiger partial charge in [0.05, 0.1) is 32.1 Å². The van der Waals surface area contributed by atoms with E-state index in [0.717, 1.165) is 11.1 Å². The minimum Gasteiger partial charge on any atom is -0.493 e. The molecule has 0 spiro atoms. The number of hydrogen-bond donors (Lipinski definition) is 1. The van der Waals surface area contributed by atoms with Crippen molar-refractivity contribution in [3.05, 3.63) is 53.1 Å². The van der Waals surface area contributed by atoms with Gasteiger partial charge in [0.25, 0.3) is 5.91 Å². The minimum absolute atomic E-state index is 0.0387. The second kappa shape index (κ2) is 10.7. The molecule has 1 heterocycles. The molecule has 174 valence electrons. The van der Waals surface area contributed by atoms with Crippen molar-refractivity contribution in [2.75, 3.05) is 39.7 Å². The molecule has 0 aliphatic carbocycles. The van der Waals surface area contributed by atoms with E-state index in [1.165, 1.54) is 4.31 Å². The number of carbonyl (C=O) groups is 1. The molecule has 3 rings (SSSR count). The first kappa shape index (κ1) is 23.9. The first-order valence-electron chi connectivity index (χ1n) is 10.6. The van der Waals surface area contributed by atoms with Gasteiger partial charge in [-0.1, -0.05) is 12.1 Å². The van der Waals surface area contributed by atoms with Crippen LogP contribution in [0.25, 0.3) is 0 Å². The van der Waals surface area contributed by atoms with Gasteiger partial charge >= 0.3 is 0 Å². The SMILES string of the molecule is CCOc1ccccc1C(=O)NCCCS(=O)(=O)N1CCc2cc(OC)c(OC)cc2C1. The fraction of sp³-hybridized carbons (Fsp3) is 0.435. The third kappa shape index (κ3) is 5.52. The van der Waals surface area contributed by atoms with Gasteiger partial charge in [0, 0.05) is 19.6 Å². The van der Waals surface area contributed by atoms with Crippen LogP contribution in [0.4, 0.5) is 0 Å². The number of carbonyl (C=O) groups excluding carboxylic acids is 1. The number of ether oxygens (including phenoxy) is 3. The van der Waals surface area contributed by atoms with Crippen molar-refractivity contribution in [1.29, 1.82) is 0 Å². The molecule has 0 aromatic heterocycles. The molecule has 1 amide bonds. The van der Waals surface area contributed by atoms with E-state index in [0.29, 0.717) is 55.4 Å². The number of methoxy groups -OCH3 is 2. The zero-order valence-corrected chi connectivity index (χ0v) is 19.5. The number of nitrogens with one attached hydrogen (secondary N) is 1. The average molecular weight is 463 g/mol. The lowest BCUT2D eigenvalue weighted by molar-refractivity contribution is 0.0950.